The van der Waals surface area contributed by atoms with Crippen molar-refractivity contribution in [3.05, 3.63) is 77.7 Å². The number of aliphatic carboxylic acids is 1. The molecule has 1 aliphatic heterocycles. The molecule has 0 aliphatic carbocycles. The van der Waals surface area contributed by atoms with Crippen LogP contribution in [0.1, 0.15) is 41.4 Å². The number of hydrogen-bond donors (Lipinski definition) is 7. The molecule has 0 radical (unpaired) electrons. The van der Waals surface area contributed by atoms with Crippen LogP contribution in [0, 0.1) is 0 Å². The standard InChI is InChI=1S/C33H41N7O9.Na/c1-19(41)37-28-26(42)15-33(32(46)47,49-30(28)29(44)27(43)17-36-31(45)20-6-3-2-4-7-20)48-13-5-8-23-18-40(39-38-23)12-11-21-16-35-25-10-9-22(34)14-24(21)25;/h2-4,6-7,9-10,14,16,18,26-30,35,42-44H,5,8,11-13,15,17,34H2,1H3,(H,36,45)(H,37,41)(H,46,47);/q;+1/p-1/t26-,27+,28+,29+,30?,33+;/m0./s1. The zero-order valence-electron chi connectivity index (χ0n) is 27.8. The van der Waals surface area contributed by atoms with Gasteiger partial charge in [0.15, 0.2) is 0 Å². The summed E-state index contributed by atoms with van der Waals surface area (Å²) in [5, 5.41) is 59.4. The second-order valence-corrected chi connectivity index (χ2v) is 12.0. The van der Waals surface area contributed by atoms with Gasteiger partial charge in [0.25, 0.3) is 5.91 Å². The number of carbonyl (C=O) groups is 3. The largest absolute Gasteiger partial charge is 1.00 e. The number of benzene rings is 2. The molecule has 8 N–H and O–H groups in total. The fourth-order valence-electron chi connectivity index (χ4n) is 5.86. The van der Waals surface area contributed by atoms with Crippen molar-refractivity contribution in [2.45, 2.75) is 75.4 Å². The Kier molecular flexibility index (Phi) is 13.5. The van der Waals surface area contributed by atoms with Crippen molar-refractivity contribution in [3.63, 3.8) is 0 Å². The van der Waals surface area contributed by atoms with Crippen molar-refractivity contribution in [3.8, 4) is 0 Å². The van der Waals surface area contributed by atoms with Gasteiger partial charge in [0, 0.05) is 61.0 Å². The minimum atomic E-state index is -2.52. The minimum absolute atomic E-state index is 0. The van der Waals surface area contributed by atoms with Gasteiger partial charge in [-0.3, -0.25) is 14.3 Å². The number of nitrogens with zero attached hydrogens (tertiary/aromatic N) is 3. The molecule has 1 fully saturated rings. The number of carboxylic acids is 1. The van der Waals surface area contributed by atoms with E-state index in [1.54, 1.807) is 41.2 Å². The number of amides is 2. The molecule has 6 atom stereocenters. The molecule has 1 unspecified atom stereocenters. The first-order valence-corrected chi connectivity index (χ1v) is 15.9. The predicted octanol–water partition coefficient (Wildman–Crippen LogP) is -4.21. The summed E-state index contributed by atoms with van der Waals surface area (Å²) in [4.78, 5) is 40.0. The van der Waals surface area contributed by atoms with Crippen molar-refractivity contribution >= 4 is 34.4 Å². The molecule has 17 heteroatoms. The molecule has 2 aromatic heterocycles. The summed E-state index contributed by atoms with van der Waals surface area (Å²) in [7, 11) is 0. The second-order valence-electron chi connectivity index (χ2n) is 12.0. The fraction of sp³-hybridized carbons (Fsp3) is 0.424. The molecule has 16 nitrogen and oxygen atoms in total. The SMILES string of the molecule is CC(=O)N[C@H]1C([C@H](O)[C@H](O)CNC(=O)c2ccccc2)O[C@@](OCCCc2cn(CCc3c[nH]c4ccc(N)cc34)nn2)(C(=O)[O-])C[C@@H]1O.[Na+]. The average Bonchev–Trinajstić information content (AvgIpc) is 3.71. The number of ether oxygens (including phenoxy) is 2. The maximum Gasteiger partial charge on any atom is 1.00 e. The molecule has 5 rings (SSSR count). The Morgan fingerprint density at radius 2 is 1.96 bits per heavy atom. The summed E-state index contributed by atoms with van der Waals surface area (Å²) in [5.41, 5.74) is 9.64. The van der Waals surface area contributed by atoms with Gasteiger partial charge in [0.2, 0.25) is 11.7 Å². The molecular formula is C33H40N7NaO9. The number of aryl methyl sites for hydroxylation is 3. The summed E-state index contributed by atoms with van der Waals surface area (Å²) >= 11 is 0. The number of rotatable bonds is 15. The molecule has 262 valence electrons. The van der Waals surface area contributed by atoms with Crippen molar-refractivity contribution in [1.29, 1.82) is 0 Å². The van der Waals surface area contributed by atoms with Crippen molar-refractivity contribution in [1.82, 2.24) is 30.6 Å². The minimum Gasteiger partial charge on any atom is -0.544 e. The Morgan fingerprint density at radius 1 is 1.20 bits per heavy atom. The van der Waals surface area contributed by atoms with Gasteiger partial charge in [-0.15, -0.1) is 5.10 Å². The van der Waals surface area contributed by atoms with Gasteiger partial charge in [-0.2, -0.15) is 0 Å². The van der Waals surface area contributed by atoms with E-state index in [0.717, 1.165) is 16.5 Å². The Hall–Kier alpha value is -3.87. The van der Waals surface area contributed by atoms with E-state index in [0.29, 0.717) is 36.3 Å². The molecular weight excluding hydrogens is 661 g/mol. The van der Waals surface area contributed by atoms with Crippen LogP contribution in [0.4, 0.5) is 5.69 Å². The maximum absolute atomic E-state index is 12.4. The van der Waals surface area contributed by atoms with Crippen LogP contribution in [0.2, 0.25) is 0 Å². The van der Waals surface area contributed by atoms with Crippen LogP contribution >= 0.6 is 0 Å². The van der Waals surface area contributed by atoms with Crippen molar-refractivity contribution in [2.24, 2.45) is 0 Å². The van der Waals surface area contributed by atoms with E-state index in [1.165, 1.54) is 6.92 Å². The van der Waals surface area contributed by atoms with E-state index >= 15 is 0 Å². The summed E-state index contributed by atoms with van der Waals surface area (Å²) in [6, 6.07) is 12.5. The maximum atomic E-state index is 12.4. The molecule has 4 aromatic rings. The zero-order chi connectivity index (χ0) is 35.1. The fourth-order valence-corrected chi connectivity index (χ4v) is 5.86. The van der Waals surface area contributed by atoms with E-state index in [1.807, 2.05) is 24.4 Å². The van der Waals surface area contributed by atoms with Crippen LogP contribution in [-0.2, 0) is 38.4 Å². The number of anilines is 1. The number of nitrogens with one attached hydrogen (secondary N) is 3. The van der Waals surface area contributed by atoms with Gasteiger partial charge in [0.1, 0.15) is 18.2 Å². The van der Waals surface area contributed by atoms with Crippen LogP contribution < -0.4 is 51.0 Å². The Morgan fingerprint density at radius 3 is 2.68 bits per heavy atom. The Labute approximate surface area is 309 Å². The van der Waals surface area contributed by atoms with Gasteiger partial charge >= 0.3 is 29.6 Å². The molecule has 0 bridgehead atoms. The molecule has 1 aliphatic rings. The molecule has 2 aromatic carbocycles. The van der Waals surface area contributed by atoms with Gasteiger partial charge in [-0.05, 0) is 55.2 Å². The second kappa shape index (κ2) is 17.4. The third-order valence-electron chi connectivity index (χ3n) is 8.39. The third kappa shape index (κ3) is 9.46. The van der Waals surface area contributed by atoms with Crippen molar-refractivity contribution < 1.29 is 73.8 Å². The number of fused-ring (bicyclic) bond motifs is 1. The molecule has 1 saturated heterocycles. The molecule has 0 spiro atoms. The summed E-state index contributed by atoms with van der Waals surface area (Å²) in [6.07, 6.45) is -2.38. The van der Waals surface area contributed by atoms with E-state index in [4.69, 9.17) is 15.2 Å². The van der Waals surface area contributed by atoms with Crippen LogP contribution in [0.25, 0.3) is 10.9 Å². The van der Waals surface area contributed by atoms with Gasteiger partial charge in [-0.1, -0.05) is 23.4 Å². The normalized spacial score (nSPS) is 21.6. The number of aliphatic hydroxyl groups is 3. The smallest absolute Gasteiger partial charge is 0.544 e. The molecule has 2 amide bonds. The number of nitrogens with two attached hydrogens (primary N) is 1. The summed E-state index contributed by atoms with van der Waals surface area (Å²) in [6.45, 7) is 1.10. The van der Waals surface area contributed by atoms with Crippen molar-refractivity contribution in [2.75, 3.05) is 18.9 Å². The van der Waals surface area contributed by atoms with Gasteiger partial charge in [0.05, 0.1) is 30.6 Å². The molecule has 0 saturated carbocycles. The van der Waals surface area contributed by atoms with Crippen LogP contribution in [0.5, 0.6) is 0 Å². The number of hydrogen-bond acceptors (Lipinski definition) is 12. The van der Waals surface area contributed by atoms with E-state index in [2.05, 4.69) is 25.9 Å². The first-order valence-electron chi connectivity index (χ1n) is 15.9. The summed E-state index contributed by atoms with van der Waals surface area (Å²) in [5.74, 6) is -5.46. The molecule has 50 heavy (non-hydrogen) atoms. The van der Waals surface area contributed by atoms with E-state index < -0.39 is 67.0 Å². The topological polar surface area (TPSA) is 250 Å². The first-order chi connectivity index (χ1) is 23.5. The van der Waals surface area contributed by atoms with Gasteiger partial charge in [-0.25, -0.2) is 0 Å². The average molecular weight is 702 g/mol. The third-order valence-corrected chi connectivity index (χ3v) is 8.39. The quantitative estimate of drug-likeness (QED) is 0.0354. The van der Waals surface area contributed by atoms with Crippen LogP contribution in [0.15, 0.2) is 60.9 Å². The van der Waals surface area contributed by atoms with E-state index in [9.17, 15) is 34.8 Å². The van der Waals surface area contributed by atoms with Crippen LogP contribution in [0.3, 0.4) is 0 Å². The number of carbonyl (C=O) groups excluding carboxylic acids is 3. The van der Waals surface area contributed by atoms with E-state index in [-0.39, 0.29) is 42.6 Å². The van der Waals surface area contributed by atoms with Crippen LogP contribution in [-0.4, -0.2) is 102 Å². The number of H-pyrrole nitrogens is 1. The Bertz CT molecular complexity index is 1750. The Balaban J connectivity index is 0.00000562. The summed E-state index contributed by atoms with van der Waals surface area (Å²) < 4.78 is 13.1. The zero-order valence-corrected chi connectivity index (χ0v) is 29.8. The number of aromatic amines is 1. The number of nitrogen functional groups attached to an aromatic ring is 1. The predicted molar refractivity (Wildman–Crippen MR) is 172 cm³/mol. The number of aromatic nitrogens is 4. The first kappa shape index (κ1) is 38.9. The van der Waals surface area contributed by atoms with Gasteiger partial charge < -0.3 is 56.0 Å². The monoisotopic (exact) mass is 701 g/mol. The number of aliphatic hydroxyl groups excluding tert-OH is 3. The molecule has 3 heterocycles. The number of carboxylic acid groups (broad SMARTS) is 1.